The van der Waals surface area contributed by atoms with Crippen molar-refractivity contribution in [2.75, 3.05) is 5.32 Å². The van der Waals surface area contributed by atoms with E-state index in [2.05, 4.69) is 27.1 Å². The fraction of sp³-hybridized carbons (Fsp3) is 0.500. The van der Waals surface area contributed by atoms with Crippen LogP contribution in [0.5, 0.6) is 0 Å². The molecule has 0 aromatic carbocycles. The van der Waals surface area contributed by atoms with Gasteiger partial charge in [-0.05, 0) is 45.6 Å². The van der Waals surface area contributed by atoms with Crippen molar-refractivity contribution in [2.24, 2.45) is 5.92 Å². The molecule has 0 spiro atoms. The summed E-state index contributed by atoms with van der Waals surface area (Å²) in [5.74, 6) is 1.32. The lowest BCUT2D eigenvalue weighted by atomic mass is 10.2. The van der Waals surface area contributed by atoms with E-state index in [1.54, 1.807) is 6.20 Å². The number of rotatable bonds is 3. The van der Waals surface area contributed by atoms with Gasteiger partial charge in [-0.25, -0.2) is 9.78 Å². The summed E-state index contributed by atoms with van der Waals surface area (Å²) in [6.45, 7) is 6.55. The highest BCUT2D eigenvalue weighted by Crippen LogP contribution is 2.32. The van der Waals surface area contributed by atoms with Gasteiger partial charge in [0.05, 0.1) is 5.52 Å². The van der Waals surface area contributed by atoms with Crippen molar-refractivity contribution in [1.29, 1.82) is 0 Å². The lowest BCUT2D eigenvalue weighted by Gasteiger charge is -2.19. The number of ether oxygens (including phenoxy) is 1. The molecular formula is C16H21N3O2. The molecule has 1 N–H and O–H groups in total. The van der Waals surface area contributed by atoms with E-state index < -0.39 is 11.7 Å². The third-order valence-corrected chi connectivity index (χ3v) is 3.44. The van der Waals surface area contributed by atoms with Crippen LogP contribution in [0.4, 0.5) is 10.6 Å². The summed E-state index contributed by atoms with van der Waals surface area (Å²) in [7, 11) is 0. The number of carbonyl (C=O) groups is 1. The highest BCUT2D eigenvalue weighted by molar-refractivity contribution is 5.88. The predicted molar refractivity (Wildman–Crippen MR) is 82.3 cm³/mol. The van der Waals surface area contributed by atoms with Gasteiger partial charge >= 0.3 is 6.09 Å². The number of nitrogens with zero attached hydrogens (tertiary/aromatic N) is 2. The summed E-state index contributed by atoms with van der Waals surface area (Å²) in [5.41, 5.74) is 0.586. The minimum Gasteiger partial charge on any atom is -0.444 e. The van der Waals surface area contributed by atoms with Crippen LogP contribution >= 0.6 is 0 Å². The third kappa shape index (κ3) is 3.54. The highest BCUT2D eigenvalue weighted by atomic mass is 16.6. The van der Waals surface area contributed by atoms with Crippen LogP contribution in [0, 0.1) is 5.92 Å². The molecule has 5 nitrogen and oxygen atoms in total. The summed E-state index contributed by atoms with van der Waals surface area (Å²) in [6, 6.07) is 3.96. The van der Waals surface area contributed by atoms with Crippen LogP contribution in [0.2, 0.25) is 0 Å². The Hall–Kier alpha value is -2.04. The molecule has 3 rings (SSSR count). The number of amides is 1. The van der Waals surface area contributed by atoms with Crippen molar-refractivity contribution >= 4 is 22.8 Å². The first kappa shape index (κ1) is 13.9. The maximum atomic E-state index is 11.8. The van der Waals surface area contributed by atoms with Crippen LogP contribution in [0.1, 0.15) is 33.6 Å². The molecule has 1 saturated carbocycles. The lowest BCUT2D eigenvalue weighted by molar-refractivity contribution is 0.0635. The SMILES string of the molecule is CC(C)(C)OC(=O)Nc1cc2c(ccn2CC2CC2)cn1. The van der Waals surface area contributed by atoms with Crippen molar-refractivity contribution in [1.82, 2.24) is 9.55 Å². The van der Waals surface area contributed by atoms with Crippen LogP contribution in [0.25, 0.3) is 10.9 Å². The zero-order chi connectivity index (χ0) is 15.0. The predicted octanol–water partition coefficient (Wildman–Crippen LogP) is 3.79. The third-order valence-electron chi connectivity index (χ3n) is 3.44. The van der Waals surface area contributed by atoms with Crippen molar-refractivity contribution in [3.05, 3.63) is 24.5 Å². The monoisotopic (exact) mass is 287 g/mol. The average Bonchev–Trinajstić information content (AvgIpc) is 3.09. The number of aromatic nitrogens is 2. The number of anilines is 1. The van der Waals surface area contributed by atoms with Gasteiger partial charge < -0.3 is 9.30 Å². The smallest absolute Gasteiger partial charge is 0.413 e. The van der Waals surface area contributed by atoms with Gasteiger partial charge in [-0.15, -0.1) is 0 Å². The Morgan fingerprint density at radius 3 is 2.90 bits per heavy atom. The van der Waals surface area contributed by atoms with Crippen LogP contribution in [0.3, 0.4) is 0 Å². The number of hydrogen-bond acceptors (Lipinski definition) is 3. The average molecular weight is 287 g/mol. The van der Waals surface area contributed by atoms with E-state index in [0.717, 1.165) is 23.4 Å². The Morgan fingerprint density at radius 1 is 1.48 bits per heavy atom. The Balaban J connectivity index is 1.77. The lowest BCUT2D eigenvalue weighted by Crippen LogP contribution is -2.27. The van der Waals surface area contributed by atoms with Crippen molar-refractivity contribution in [2.45, 2.75) is 45.8 Å². The van der Waals surface area contributed by atoms with Gasteiger partial charge in [-0.1, -0.05) is 0 Å². The van der Waals surface area contributed by atoms with Crippen molar-refractivity contribution in [3.63, 3.8) is 0 Å². The molecule has 2 heterocycles. The van der Waals surface area contributed by atoms with Gasteiger partial charge in [-0.2, -0.15) is 0 Å². The number of pyridine rings is 1. The zero-order valence-electron chi connectivity index (χ0n) is 12.7. The molecule has 112 valence electrons. The fourth-order valence-corrected chi connectivity index (χ4v) is 2.30. The van der Waals surface area contributed by atoms with Crippen LogP contribution in [-0.2, 0) is 11.3 Å². The maximum Gasteiger partial charge on any atom is 0.413 e. The number of fused-ring (bicyclic) bond motifs is 1. The summed E-state index contributed by atoms with van der Waals surface area (Å²) >= 11 is 0. The normalized spacial score (nSPS) is 15.2. The molecule has 5 heteroatoms. The standard InChI is InChI=1S/C16H21N3O2/c1-16(2,3)21-15(20)18-14-8-13-12(9-17-14)6-7-19(13)10-11-4-5-11/h6-9,11H,4-5,10H2,1-3H3,(H,17,18,20). The largest absolute Gasteiger partial charge is 0.444 e. The minimum atomic E-state index is -0.514. The molecule has 0 aliphatic heterocycles. The van der Waals surface area contributed by atoms with Gasteiger partial charge in [-0.3, -0.25) is 5.32 Å². The molecule has 1 fully saturated rings. The van der Waals surface area contributed by atoms with E-state index in [1.807, 2.05) is 26.8 Å². The van der Waals surface area contributed by atoms with E-state index in [4.69, 9.17) is 4.74 Å². The maximum absolute atomic E-state index is 11.8. The first-order valence-corrected chi connectivity index (χ1v) is 7.35. The number of carbonyl (C=O) groups excluding carboxylic acids is 1. The van der Waals surface area contributed by atoms with Gasteiger partial charge in [0.2, 0.25) is 0 Å². The molecule has 21 heavy (non-hydrogen) atoms. The van der Waals surface area contributed by atoms with E-state index in [9.17, 15) is 4.79 Å². The second-order valence-corrected chi connectivity index (χ2v) is 6.67. The minimum absolute atomic E-state index is 0.477. The summed E-state index contributed by atoms with van der Waals surface area (Å²) in [5, 5.41) is 3.78. The van der Waals surface area contributed by atoms with E-state index in [0.29, 0.717) is 5.82 Å². The molecule has 0 bridgehead atoms. The van der Waals surface area contributed by atoms with Gasteiger partial charge in [0.25, 0.3) is 0 Å². The van der Waals surface area contributed by atoms with Crippen molar-refractivity contribution < 1.29 is 9.53 Å². The molecule has 2 aromatic rings. The Morgan fingerprint density at radius 2 is 2.24 bits per heavy atom. The van der Waals surface area contributed by atoms with E-state index in [1.165, 1.54) is 12.8 Å². The molecule has 1 aliphatic rings. The van der Waals surface area contributed by atoms with Crippen LogP contribution in [-0.4, -0.2) is 21.2 Å². The zero-order valence-corrected chi connectivity index (χ0v) is 12.7. The van der Waals surface area contributed by atoms with E-state index in [-0.39, 0.29) is 0 Å². The molecule has 0 unspecified atom stereocenters. The Bertz CT molecular complexity index is 666. The number of nitrogens with one attached hydrogen (secondary N) is 1. The Kier molecular flexibility index (Phi) is 3.35. The van der Waals surface area contributed by atoms with Crippen LogP contribution in [0.15, 0.2) is 24.5 Å². The summed E-state index contributed by atoms with van der Waals surface area (Å²) in [6.07, 6.45) is 6.02. The molecule has 1 aliphatic carbocycles. The van der Waals surface area contributed by atoms with Gasteiger partial charge in [0.15, 0.2) is 0 Å². The molecule has 0 radical (unpaired) electrons. The molecule has 0 atom stereocenters. The molecule has 0 saturated heterocycles. The first-order chi connectivity index (χ1) is 9.90. The first-order valence-electron chi connectivity index (χ1n) is 7.35. The Labute approximate surface area is 124 Å². The quantitative estimate of drug-likeness (QED) is 0.934. The van der Waals surface area contributed by atoms with Crippen molar-refractivity contribution in [3.8, 4) is 0 Å². The van der Waals surface area contributed by atoms with Gasteiger partial charge in [0, 0.05) is 30.4 Å². The molecular weight excluding hydrogens is 266 g/mol. The summed E-state index contributed by atoms with van der Waals surface area (Å²) < 4.78 is 7.47. The molecule has 2 aromatic heterocycles. The van der Waals surface area contributed by atoms with Gasteiger partial charge in [0.1, 0.15) is 11.4 Å². The fourth-order valence-electron chi connectivity index (χ4n) is 2.30. The topological polar surface area (TPSA) is 56.1 Å². The second-order valence-electron chi connectivity index (χ2n) is 6.67. The molecule has 1 amide bonds. The number of hydrogen-bond donors (Lipinski definition) is 1. The van der Waals surface area contributed by atoms with Crippen LogP contribution < -0.4 is 5.32 Å². The van der Waals surface area contributed by atoms with E-state index >= 15 is 0 Å². The highest BCUT2D eigenvalue weighted by Gasteiger charge is 2.22. The second kappa shape index (κ2) is 5.06. The summed E-state index contributed by atoms with van der Waals surface area (Å²) in [4.78, 5) is 16.1.